The van der Waals surface area contributed by atoms with E-state index < -0.39 is 0 Å². The summed E-state index contributed by atoms with van der Waals surface area (Å²) in [6, 6.07) is 0. The Morgan fingerprint density at radius 1 is 0.378 bits per heavy atom. The number of hydrogen-bond acceptors (Lipinski definition) is 0. The van der Waals surface area contributed by atoms with Gasteiger partial charge >= 0.3 is 0 Å². The molecule has 0 aromatic carbocycles. The normalized spacial score (nSPS) is 11.6. The number of rotatable bonds is 37. The first-order valence-corrected chi connectivity index (χ1v) is 21.4. The minimum atomic E-state index is 1.23. The maximum atomic E-state index is 2.64. The molecule has 2 nitrogen and oxygen atoms in total. The van der Waals surface area contributed by atoms with Crippen molar-refractivity contribution in [1.29, 1.82) is 0 Å². The van der Waals surface area contributed by atoms with Crippen LogP contribution in [0.5, 0.6) is 0 Å². The summed E-state index contributed by atoms with van der Waals surface area (Å²) in [5, 5.41) is 0. The molecule has 0 spiro atoms. The largest absolute Gasteiger partial charge is 0.256 e. The van der Waals surface area contributed by atoms with Crippen molar-refractivity contribution in [2.75, 3.05) is 0 Å². The van der Waals surface area contributed by atoms with Crippen molar-refractivity contribution in [3.8, 4) is 0 Å². The lowest BCUT2D eigenvalue weighted by Gasteiger charge is -2.07. The van der Waals surface area contributed by atoms with Crippen LogP contribution in [-0.2, 0) is 19.5 Å². The number of nitrogens with zero attached hydrogens (tertiary/aromatic N) is 2. The topological polar surface area (TPSA) is 8.81 Å². The van der Waals surface area contributed by atoms with Gasteiger partial charge in [-0.3, -0.25) is 0 Å². The van der Waals surface area contributed by atoms with Crippen LogP contribution >= 0.6 is 0 Å². The van der Waals surface area contributed by atoms with Gasteiger partial charge < -0.3 is 0 Å². The van der Waals surface area contributed by atoms with Crippen molar-refractivity contribution in [1.82, 2.24) is 4.57 Å². The highest BCUT2D eigenvalue weighted by atomic mass is 15.1. The molecule has 266 valence electrons. The van der Waals surface area contributed by atoms with E-state index in [9.17, 15) is 0 Å². The second kappa shape index (κ2) is 34.5. The fourth-order valence-corrected chi connectivity index (χ4v) is 7.21. The Hall–Kier alpha value is -0.790. The van der Waals surface area contributed by atoms with E-state index in [1.807, 2.05) is 0 Å². The first kappa shape index (κ1) is 42.2. The standard InChI is InChI=1S/C43H85N2/c1-4-7-10-13-16-19-22-23-24-25-28-31-34-37-40-45-42-41-44(39-36-33-30-27-21-18-15-12-9-6-3)43(45)38-35-32-29-26-20-17-14-11-8-5-2/h41-42H,4-40H2,1-3H3/q+1. The molecule has 1 heterocycles. The summed E-state index contributed by atoms with van der Waals surface area (Å²) in [5.41, 5.74) is 0. The molecule has 0 N–H and O–H groups in total. The number of unbranched alkanes of at least 4 members (excludes halogenated alkanes) is 31. The smallest absolute Gasteiger partial charge is 0.234 e. The van der Waals surface area contributed by atoms with E-state index in [0.29, 0.717) is 0 Å². The molecule has 0 aliphatic carbocycles. The third-order valence-corrected chi connectivity index (χ3v) is 10.3. The first-order chi connectivity index (χ1) is 22.3. The summed E-state index contributed by atoms with van der Waals surface area (Å²) < 4.78 is 5.28. The average Bonchev–Trinajstić information content (AvgIpc) is 3.43. The minimum Gasteiger partial charge on any atom is -0.234 e. The monoisotopic (exact) mass is 630 g/mol. The molecule has 1 aromatic rings. The highest BCUT2D eigenvalue weighted by Crippen LogP contribution is 2.16. The Bertz CT molecular complexity index is 692. The lowest BCUT2D eigenvalue weighted by molar-refractivity contribution is -0.704. The Morgan fingerprint density at radius 3 is 1.07 bits per heavy atom. The fraction of sp³-hybridized carbons (Fsp3) is 0.930. The fourth-order valence-electron chi connectivity index (χ4n) is 7.21. The zero-order chi connectivity index (χ0) is 32.3. The number of aromatic nitrogens is 2. The van der Waals surface area contributed by atoms with Crippen LogP contribution in [0.3, 0.4) is 0 Å². The molecule has 45 heavy (non-hydrogen) atoms. The summed E-state index contributed by atoms with van der Waals surface area (Å²) in [6.45, 7) is 9.41. The van der Waals surface area contributed by atoms with Gasteiger partial charge in [-0.2, -0.15) is 0 Å². The predicted octanol–water partition coefficient (Wildman–Crippen LogP) is 14.6. The second-order valence-corrected chi connectivity index (χ2v) is 14.8. The van der Waals surface area contributed by atoms with Crippen molar-refractivity contribution in [2.45, 2.75) is 259 Å². The van der Waals surface area contributed by atoms with Crippen LogP contribution in [0.4, 0.5) is 0 Å². The maximum absolute atomic E-state index is 2.64. The van der Waals surface area contributed by atoms with E-state index in [0.717, 1.165) is 0 Å². The molecular weight excluding hydrogens is 544 g/mol. The van der Waals surface area contributed by atoms with Crippen LogP contribution in [0.15, 0.2) is 12.4 Å². The average molecular weight is 630 g/mol. The number of imidazole rings is 1. The Morgan fingerprint density at radius 2 is 0.689 bits per heavy atom. The van der Waals surface area contributed by atoms with Gasteiger partial charge in [0.2, 0.25) is 0 Å². The molecule has 0 fully saturated rings. The van der Waals surface area contributed by atoms with E-state index in [1.165, 1.54) is 238 Å². The summed E-state index contributed by atoms with van der Waals surface area (Å²) in [5.74, 6) is 1.63. The van der Waals surface area contributed by atoms with Crippen LogP contribution in [-0.4, -0.2) is 4.57 Å². The SMILES string of the molecule is CCCCCCCCCCCCCCCCn1cc[n+](CCCCCCCCCCCC)c1CCCCCCCCCCCC. The van der Waals surface area contributed by atoms with Crippen molar-refractivity contribution in [3.05, 3.63) is 18.2 Å². The third kappa shape index (κ3) is 26.9. The van der Waals surface area contributed by atoms with Gasteiger partial charge in [-0.05, 0) is 32.1 Å². The molecule has 0 amide bonds. The molecular formula is C43H85N2+. The zero-order valence-corrected chi connectivity index (χ0v) is 31.7. The van der Waals surface area contributed by atoms with Gasteiger partial charge in [0.1, 0.15) is 12.4 Å². The summed E-state index contributed by atoms with van der Waals surface area (Å²) >= 11 is 0. The molecule has 1 aromatic heterocycles. The van der Waals surface area contributed by atoms with Gasteiger partial charge in [0.25, 0.3) is 5.82 Å². The lowest BCUT2D eigenvalue weighted by atomic mass is 10.0. The van der Waals surface area contributed by atoms with E-state index in [-0.39, 0.29) is 0 Å². The molecule has 0 aliphatic heterocycles. The molecule has 0 atom stereocenters. The molecule has 0 aliphatic rings. The van der Waals surface area contributed by atoms with Crippen LogP contribution in [0.1, 0.15) is 245 Å². The number of hydrogen-bond donors (Lipinski definition) is 0. The Balaban J connectivity index is 2.28. The maximum Gasteiger partial charge on any atom is 0.256 e. The van der Waals surface area contributed by atoms with Crippen molar-refractivity contribution in [3.63, 3.8) is 0 Å². The van der Waals surface area contributed by atoms with Gasteiger partial charge in [0.15, 0.2) is 0 Å². The molecule has 0 saturated heterocycles. The highest BCUT2D eigenvalue weighted by molar-refractivity contribution is 4.84. The van der Waals surface area contributed by atoms with E-state index in [2.05, 4.69) is 42.3 Å². The zero-order valence-electron chi connectivity index (χ0n) is 31.7. The third-order valence-electron chi connectivity index (χ3n) is 10.3. The minimum absolute atomic E-state index is 1.23. The molecule has 0 bridgehead atoms. The van der Waals surface area contributed by atoms with E-state index in [1.54, 1.807) is 5.82 Å². The van der Waals surface area contributed by atoms with Crippen LogP contribution in [0, 0.1) is 0 Å². The van der Waals surface area contributed by atoms with Crippen LogP contribution < -0.4 is 4.57 Å². The Labute approximate surface area is 285 Å². The van der Waals surface area contributed by atoms with Gasteiger partial charge in [0.05, 0.1) is 13.1 Å². The summed E-state index contributed by atoms with van der Waals surface area (Å²) in [7, 11) is 0. The van der Waals surface area contributed by atoms with Gasteiger partial charge in [-0.25, -0.2) is 9.13 Å². The molecule has 0 saturated carbocycles. The summed E-state index contributed by atoms with van der Waals surface area (Å²) in [6.07, 6.45) is 54.8. The van der Waals surface area contributed by atoms with Crippen LogP contribution in [0.2, 0.25) is 0 Å². The first-order valence-electron chi connectivity index (χ1n) is 21.4. The number of aryl methyl sites for hydroxylation is 2. The van der Waals surface area contributed by atoms with Gasteiger partial charge in [-0.1, -0.05) is 207 Å². The second-order valence-electron chi connectivity index (χ2n) is 14.8. The summed E-state index contributed by atoms with van der Waals surface area (Å²) in [4.78, 5) is 0. The molecule has 1 rings (SSSR count). The molecule has 0 unspecified atom stereocenters. The molecule has 0 radical (unpaired) electrons. The van der Waals surface area contributed by atoms with E-state index >= 15 is 0 Å². The predicted molar refractivity (Wildman–Crippen MR) is 202 cm³/mol. The van der Waals surface area contributed by atoms with Gasteiger partial charge in [0, 0.05) is 6.42 Å². The van der Waals surface area contributed by atoms with Crippen molar-refractivity contribution >= 4 is 0 Å². The van der Waals surface area contributed by atoms with E-state index in [4.69, 9.17) is 0 Å². The van der Waals surface area contributed by atoms with Gasteiger partial charge in [-0.15, -0.1) is 0 Å². The molecule has 2 heteroatoms. The van der Waals surface area contributed by atoms with Crippen molar-refractivity contribution in [2.24, 2.45) is 0 Å². The van der Waals surface area contributed by atoms with Crippen LogP contribution in [0.25, 0.3) is 0 Å². The lowest BCUT2D eigenvalue weighted by Crippen LogP contribution is -2.37. The quantitative estimate of drug-likeness (QED) is 0.0511. The Kier molecular flexibility index (Phi) is 32.4. The highest BCUT2D eigenvalue weighted by Gasteiger charge is 2.16. The van der Waals surface area contributed by atoms with Crippen molar-refractivity contribution < 1.29 is 4.57 Å².